The number of hydrogen-bond acceptors (Lipinski definition) is 4. The molecule has 0 aliphatic heterocycles. The minimum Gasteiger partial charge on any atom is -0.370 e. The van der Waals surface area contributed by atoms with E-state index in [4.69, 9.17) is 5.73 Å². The first-order chi connectivity index (χ1) is 11.1. The first-order valence-corrected chi connectivity index (χ1v) is 9.55. The Bertz CT molecular complexity index is 719. The van der Waals surface area contributed by atoms with Gasteiger partial charge in [0.2, 0.25) is 10.0 Å². The number of nitrogens with zero attached hydrogens (tertiary/aromatic N) is 1. The van der Waals surface area contributed by atoms with Crippen LogP contribution in [0.2, 0.25) is 0 Å². The zero-order valence-electron chi connectivity index (χ0n) is 13.0. The Kier molecular flexibility index (Phi) is 9.26. The Morgan fingerprint density at radius 2 is 1.88 bits per heavy atom. The van der Waals surface area contributed by atoms with Crippen molar-refractivity contribution in [1.29, 1.82) is 0 Å². The summed E-state index contributed by atoms with van der Waals surface area (Å²) in [6, 6.07) is 12.3. The van der Waals surface area contributed by atoms with Gasteiger partial charge in [0.05, 0.1) is 11.4 Å². The molecule has 0 atom stereocenters. The zero-order chi connectivity index (χ0) is 16.5. The summed E-state index contributed by atoms with van der Waals surface area (Å²) < 4.78 is 26.4. The van der Waals surface area contributed by atoms with Crippen molar-refractivity contribution in [2.75, 3.05) is 19.6 Å². The van der Waals surface area contributed by atoms with Crippen LogP contribution in [0.1, 0.15) is 4.88 Å². The molecule has 9 heteroatoms. The zero-order valence-corrected chi connectivity index (χ0v) is 17.0. The lowest BCUT2D eigenvalue weighted by Crippen LogP contribution is -2.34. The standard InChI is InChI=1S/C15H20N4O2S2.HI/c16-15(17-9-8-13-5-4-12-22-13)18-10-11-19-23(20,21)14-6-2-1-3-7-14;/h1-7,12,19H,8-11H2,(H3,16,17,18);1H. The number of guanidine groups is 1. The minimum absolute atomic E-state index is 0. The highest BCUT2D eigenvalue weighted by molar-refractivity contribution is 14.0. The fourth-order valence-electron chi connectivity index (χ4n) is 1.86. The Hall–Kier alpha value is -1.17. The second-order valence-electron chi connectivity index (χ2n) is 4.73. The van der Waals surface area contributed by atoms with Gasteiger partial charge < -0.3 is 11.1 Å². The average Bonchev–Trinajstić information content (AvgIpc) is 3.06. The maximum atomic E-state index is 12.0. The van der Waals surface area contributed by atoms with Crippen molar-refractivity contribution >= 4 is 51.3 Å². The number of rotatable bonds is 8. The summed E-state index contributed by atoms with van der Waals surface area (Å²) in [6.07, 6.45) is 0.883. The fourth-order valence-corrected chi connectivity index (χ4v) is 3.61. The third-order valence-electron chi connectivity index (χ3n) is 3.00. The molecule has 1 heterocycles. The third-order valence-corrected chi connectivity index (χ3v) is 5.41. The van der Waals surface area contributed by atoms with Crippen LogP contribution in [0.5, 0.6) is 0 Å². The van der Waals surface area contributed by atoms with Crippen LogP contribution in [0.15, 0.2) is 57.7 Å². The smallest absolute Gasteiger partial charge is 0.240 e. The summed E-state index contributed by atoms with van der Waals surface area (Å²) in [7, 11) is -3.48. The highest BCUT2D eigenvalue weighted by Gasteiger charge is 2.11. The lowest BCUT2D eigenvalue weighted by molar-refractivity contribution is 0.582. The van der Waals surface area contributed by atoms with Gasteiger partial charge in [-0.05, 0) is 30.0 Å². The largest absolute Gasteiger partial charge is 0.370 e. The highest BCUT2D eigenvalue weighted by Crippen LogP contribution is 2.08. The van der Waals surface area contributed by atoms with Gasteiger partial charge in [-0.1, -0.05) is 24.3 Å². The molecule has 2 aromatic rings. The van der Waals surface area contributed by atoms with Crippen molar-refractivity contribution in [3.05, 3.63) is 52.7 Å². The van der Waals surface area contributed by atoms with E-state index in [0.717, 1.165) is 6.42 Å². The second kappa shape index (κ2) is 10.6. The van der Waals surface area contributed by atoms with E-state index in [1.165, 1.54) is 4.88 Å². The van der Waals surface area contributed by atoms with E-state index in [-0.39, 0.29) is 42.0 Å². The quantitative estimate of drug-likeness (QED) is 0.232. The van der Waals surface area contributed by atoms with Gasteiger partial charge in [-0.25, -0.2) is 13.1 Å². The molecule has 0 spiro atoms. The first-order valence-electron chi connectivity index (χ1n) is 7.19. The average molecular weight is 480 g/mol. The number of sulfonamides is 1. The van der Waals surface area contributed by atoms with E-state index in [1.54, 1.807) is 41.7 Å². The van der Waals surface area contributed by atoms with Crippen LogP contribution in [-0.4, -0.2) is 34.0 Å². The normalized spacial score (nSPS) is 11.8. The molecule has 0 saturated heterocycles. The van der Waals surface area contributed by atoms with Gasteiger partial charge in [0.1, 0.15) is 0 Å². The monoisotopic (exact) mass is 480 g/mol. The molecule has 0 bridgehead atoms. The van der Waals surface area contributed by atoms with Crippen molar-refractivity contribution in [1.82, 2.24) is 10.0 Å². The number of aliphatic imine (C=N–C) groups is 1. The van der Waals surface area contributed by atoms with Crippen molar-refractivity contribution in [2.24, 2.45) is 10.7 Å². The van der Waals surface area contributed by atoms with Crippen LogP contribution >= 0.6 is 35.3 Å². The summed E-state index contributed by atoms with van der Waals surface area (Å²) in [5.74, 6) is 0.320. The second-order valence-corrected chi connectivity index (χ2v) is 7.53. The van der Waals surface area contributed by atoms with Crippen LogP contribution in [0, 0.1) is 0 Å². The van der Waals surface area contributed by atoms with Gasteiger partial charge >= 0.3 is 0 Å². The van der Waals surface area contributed by atoms with Crippen molar-refractivity contribution in [3.63, 3.8) is 0 Å². The summed E-state index contributed by atoms with van der Waals surface area (Å²) >= 11 is 1.70. The number of halogens is 1. The molecule has 6 nitrogen and oxygen atoms in total. The molecule has 0 aliphatic rings. The Morgan fingerprint density at radius 1 is 1.12 bits per heavy atom. The van der Waals surface area contributed by atoms with Gasteiger partial charge in [-0.2, -0.15) is 0 Å². The van der Waals surface area contributed by atoms with Gasteiger partial charge in [0, 0.05) is 18.0 Å². The molecule has 0 amide bonds. The Morgan fingerprint density at radius 3 is 2.54 bits per heavy atom. The fraction of sp³-hybridized carbons (Fsp3) is 0.267. The molecule has 0 aliphatic carbocycles. The van der Waals surface area contributed by atoms with E-state index < -0.39 is 10.0 Å². The lowest BCUT2D eigenvalue weighted by Gasteiger charge is -2.06. The summed E-state index contributed by atoms with van der Waals surface area (Å²) in [5.41, 5.74) is 5.74. The molecule has 1 aromatic carbocycles. The Labute approximate surface area is 163 Å². The lowest BCUT2D eigenvalue weighted by atomic mass is 10.3. The van der Waals surface area contributed by atoms with Gasteiger partial charge in [-0.3, -0.25) is 4.99 Å². The van der Waals surface area contributed by atoms with Crippen molar-refractivity contribution in [3.8, 4) is 0 Å². The van der Waals surface area contributed by atoms with E-state index in [0.29, 0.717) is 12.5 Å². The molecule has 0 radical (unpaired) electrons. The van der Waals surface area contributed by atoms with Gasteiger partial charge in [0.25, 0.3) is 0 Å². The minimum atomic E-state index is -3.48. The molecule has 0 saturated carbocycles. The van der Waals surface area contributed by atoms with Gasteiger partial charge in [-0.15, -0.1) is 35.3 Å². The Balaban J connectivity index is 0.00000288. The maximum absolute atomic E-state index is 12.0. The summed E-state index contributed by atoms with van der Waals surface area (Å²) in [5, 5.41) is 5.04. The van der Waals surface area contributed by atoms with Gasteiger partial charge in [0.15, 0.2) is 5.96 Å². The van der Waals surface area contributed by atoms with Crippen molar-refractivity contribution < 1.29 is 8.42 Å². The highest BCUT2D eigenvalue weighted by atomic mass is 127. The van der Waals surface area contributed by atoms with E-state index in [9.17, 15) is 8.42 Å². The van der Waals surface area contributed by atoms with Crippen LogP contribution in [0.4, 0.5) is 0 Å². The molecule has 0 unspecified atom stereocenters. The number of nitrogens with two attached hydrogens (primary N) is 1. The number of benzene rings is 1. The van der Waals surface area contributed by atoms with Crippen LogP contribution in [0.3, 0.4) is 0 Å². The third kappa shape index (κ3) is 7.16. The summed E-state index contributed by atoms with van der Waals surface area (Å²) in [4.78, 5) is 5.62. The van der Waals surface area contributed by atoms with E-state index >= 15 is 0 Å². The van der Waals surface area contributed by atoms with Crippen LogP contribution < -0.4 is 15.8 Å². The van der Waals surface area contributed by atoms with E-state index in [2.05, 4.69) is 21.1 Å². The van der Waals surface area contributed by atoms with Crippen LogP contribution in [0.25, 0.3) is 0 Å². The molecule has 0 fully saturated rings. The summed E-state index contributed by atoms with van der Waals surface area (Å²) in [6.45, 7) is 1.18. The molecule has 2 rings (SSSR count). The molecule has 4 N–H and O–H groups in total. The topological polar surface area (TPSA) is 96.6 Å². The predicted octanol–water partition coefficient (Wildman–Crippen LogP) is 1.79. The molecule has 24 heavy (non-hydrogen) atoms. The molecule has 132 valence electrons. The predicted molar refractivity (Wildman–Crippen MR) is 110 cm³/mol. The number of thiophene rings is 1. The first kappa shape index (κ1) is 20.9. The molecule has 1 aromatic heterocycles. The maximum Gasteiger partial charge on any atom is 0.240 e. The SMILES string of the molecule is I.NC(=NCCNS(=O)(=O)c1ccccc1)NCCc1cccs1. The van der Waals surface area contributed by atoms with Crippen LogP contribution in [-0.2, 0) is 16.4 Å². The van der Waals surface area contributed by atoms with Crippen molar-refractivity contribution in [2.45, 2.75) is 11.3 Å². The number of nitrogens with one attached hydrogen (secondary N) is 2. The molecular formula is C15H21IN4O2S2. The van der Waals surface area contributed by atoms with E-state index in [1.807, 2.05) is 11.4 Å². The molecular weight excluding hydrogens is 459 g/mol. The number of hydrogen-bond donors (Lipinski definition) is 3.